The number of nitrogens with zero attached hydrogens (tertiary/aromatic N) is 2. The summed E-state index contributed by atoms with van der Waals surface area (Å²) in [7, 11) is 0. The third-order valence-electron chi connectivity index (χ3n) is 10.4. The van der Waals surface area contributed by atoms with E-state index in [1.807, 2.05) is 18.2 Å². The summed E-state index contributed by atoms with van der Waals surface area (Å²) in [6, 6.07) is 53.9. The molecule has 0 saturated heterocycles. The first-order chi connectivity index (χ1) is 24.8. The Labute approximate surface area is 287 Å². The zero-order chi connectivity index (χ0) is 32.8. The number of hydrogen-bond donors (Lipinski definition) is 0. The first-order valence-electron chi connectivity index (χ1n) is 17.2. The molecule has 236 valence electrons. The van der Waals surface area contributed by atoms with Crippen LogP contribution in [0.3, 0.4) is 0 Å². The SMILES string of the molecule is C1=c2c(c3ccccc3n2-c2ccccc2)=C(N(c2ccc3oc4ccccc4c3c2)c2cc3oc4ccccc4c3c3ccccc23)CC1. The van der Waals surface area contributed by atoms with Gasteiger partial charge in [-0.1, -0.05) is 103 Å². The van der Waals surface area contributed by atoms with E-state index >= 15 is 0 Å². The van der Waals surface area contributed by atoms with E-state index in [0.29, 0.717) is 0 Å². The molecule has 0 bridgehead atoms. The van der Waals surface area contributed by atoms with Crippen LogP contribution in [0.1, 0.15) is 12.8 Å². The van der Waals surface area contributed by atoms with Crippen LogP contribution >= 0.6 is 0 Å². The smallest absolute Gasteiger partial charge is 0.138 e. The monoisotopic (exact) mass is 642 g/mol. The molecule has 4 nitrogen and oxygen atoms in total. The molecule has 1 aliphatic carbocycles. The van der Waals surface area contributed by atoms with E-state index in [0.717, 1.165) is 73.8 Å². The molecule has 0 aliphatic heterocycles. The normalized spacial score (nSPS) is 13.2. The van der Waals surface area contributed by atoms with Gasteiger partial charge < -0.3 is 18.3 Å². The largest absolute Gasteiger partial charge is 0.456 e. The highest BCUT2D eigenvalue weighted by molar-refractivity contribution is 6.23. The third kappa shape index (κ3) is 3.87. The maximum Gasteiger partial charge on any atom is 0.138 e. The van der Waals surface area contributed by atoms with Crippen LogP contribution in [0, 0.1) is 0 Å². The quantitative estimate of drug-likeness (QED) is 0.192. The maximum absolute atomic E-state index is 6.63. The summed E-state index contributed by atoms with van der Waals surface area (Å²) in [6.07, 6.45) is 4.22. The molecule has 3 aromatic heterocycles. The van der Waals surface area contributed by atoms with Crippen LogP contribution in [-0.4, -0.2) is 4.57 Å². The van der Waals surface area contributed by atoms with E-state index in [1.54, 1.807) is 0 Å². The second kappa shape index (κ2) is 10.5. The fourth-order valence-electron chi connectivity index (χ4n) is 8.35. The highest BCUT2D eigenvalue weighted by Crippen LogP contribution is 2.45. The summed E-state index contributed by atoms with van der Waals surface area (Å²) in [5.74, 6) is 0. The number of benzene rings is 7. The van der Waals surface area contributed by atoms with Crippen molar-refractivity contribution in [2.75, 3.05) is 4.90 Å². The van der Waals surface area contributed by atoms with E-state index in [4.69, 9.17) is 8.83 Å². The van der Waals surface area contributed by atoms with E-state index in [9.17, 15) is 0 Å². The highest BCUT2D eigenvalue weighted by atomic mass is 16.3. The van der Waals surface area contributed by atoms with Gasteiger partial charge in [-0.3, -0.25) is 0 Å². The van der Waals surface area contributed by atoms with Crippen molar-refractivity contribution in [1.29, 1.82) is 0 Å². The number of fused-ring (bicyclic) bond motifs is 11. The number of anilines is 2. The molecule has 4 heteroatoms. The minimum atomic E-state index is 0.881. The standard InChI is InChI=1S/C46H30N2O2/c1-2-13-29(14-3-1)47-37-20-9-6-18-34(37)46-38(47)21-12-22-39(46)48(30-25-26-43-36(27-30)32-16-7-10-23-41(32)49-43)40-28-44-45(33-17-5-4-15-31(33)40)35-19-8-11-24-42(35)50-44/h1-11,13-21,23-28H,12,22H2. The Morgan fingerprint density at radius 2 is 1.14 bits per heavy atom. The first kappa shape index (κ1) is 27.4. The van der Waals surface area contributed by atoms with E-state index in [2.05, 4.69) is 149 Å². The molecule has 11 rings (SSSR count). The number of para-hydroxylation sites is 4. The number of rotatable bonds is 4. The molecule has 0 fully saturated rings. The summed E-state index contributed by atoms with van der Waals surface area (Å²) < 4.78 is 15.4. The summed E-state index contributed by atoms with van der Waals surface area (Å²) in [5.41, 5.74) is 9.38. The Hall–Kier alpha value is -6.52. The fourth-order valence-corrected chi connectivity index (χ4v) is 8.35. The Morgan fingerprint density at radius 3 is 1.98 bits per heavy atom. The van der Waals surface area contributed by atoms with Gasteiger partial charge in [-0.05, 0) is 66.8 Å². The number of furan rings is 2. The van der Waals surface area contributed by atoms with Gasteiger partial charge in [-0.25, -0.2) is 0 Å². The van der Waals surface area contributed by atoms with Crippen molar-refractivity contribution in [3.63, 3.8) is 0 Å². The number of hydrogen-bond acceptors (Lipinski definition) is 3. The zero-order valence-corrected chi connectivity index (χ0v) is 27.1. The Balaban J connectivity index is 1.31. The average Bonchev–Trinajstić information content (AvgIpc) is 3.85. The van der Waals surface area contributed by atoms with Crippen LogP contribution < -0.4 is 15.5 Å². The van der Waals surface area contributed by atoms with Gasteiger partial charge in [0, 0.05) is 60.7 Å². The van der Waals surface area contributed by atoms with Crippen molar-refractivity contribution < 1.29 is 8.83 Å². The van der Waals surface area contributed by atoms with Crippen molar-refractivity contribution in [1.82, 2.24) is 4.57 Å². The maximum atomic E-state index is 6.63. The lowest BCUT2D eigenvalue weighted by Gasteiger charge is -2.30. The molecule has 0 amide bonds. The minimum Gasteiger partial charge on any atom is -0.456 e. The van der Waals surface area contributed by atoms with E-state index < -0.39 is 0 Å². The van der Waals surface area contributed by atoms with Gasteiger partial charge in [0.05, 0.1) is 16.6 Å². The van der Waals surface area contributed by atoms with Crippen LogP contribution in [0.25, 0.3) is 83.0 Å². The van der Waals surface area contributed by atoms with Crippen LogP contribution in [0.2, 0.25) is 0 Å². The van der Waals surface area contributed by atoms with Crippen molar-refractivity contribution in [2.24, 2.45) is 0 Å². The number of aromatic nitrogens is 1. The van der Waals surface area contributed by atoms with Crippen LogP contribution in [0.4, 0.5) is 11.4 Å². The molecule has 3 heterocycles. The van der Waals surface area contributed by atoms with Crippen LogP contribution in [-0.2, 0) is 0 Å². The molecule has 7 aromatic carbocycles. The molecule has 0 atom stereocenters. The second-order valence-electron chi connectivity index (χ2n) is 13.2. The van der Waals surface area contributed by atoms with Crippen LogP contribution in [0.15, 0.2) is 160 Å². The molecular formula is C46H30N2O2. The summed E-state index contributed by atoms with van der Waals surface area (Å²) in [4.78, 5) is 2.50. The lowest BCUT2D eigenvalue weighted by atomic mass is 9.98. The van der Waals surface area contributed by atoms with E-state index in [-0.39, 0.29) is 0 Å². The third-order valence-corrected chi connectivity index (χ3v) is 10.4. The average molecular weight is 643 g/mol. The van der Waals surface area contributed by atoms with Gasteiger partial charge in [0.1, 0.15) is 22.3 Å². The van der Waals surface area contributed by atoms with Gasteiger partial charge >= 0.3 is 0 Å². The van der Waals surface area contributed by atoms with Crippen molar-refractivity contribution in [2.45, 2.75) is 12.8 Å². The van der Waals surface area contributed by atoms with Gasteiger partial charge in [0.2, 0.25) is 0 Å². The lowest BCUT2D eigenvalue weighted by molar-refractivity contribution is 0.668. The Morgan fingerprint density at radius 1 is 0.500 bits per heavy atom. The summed E-state index contributed by atoms with van der Waals surface area (Å²) in [6.45, 7) is 0. The fraction of sp³-hybridized carbons (Fsp3) is 0.0435. The Kier molecular flexibility index (Phi) is 5.75. The minimum absolute atomic E-state index is 0.881. The molecule has 0 radical (unpaired) electrons. The highest BCUT2D eigenvalue weighted by Gasteiger charge is 2.26. The molecule has 0 spiro atoms. The second-order valence-corrected chi connectivity index (χ2v) is 13.2. The van der Waals surface area contributed by atoms with Crippen molar-refractivity contribution in [3.05, 3.63) is 162 Å². The molecule has 50 heavy (non-hydrogen) atoms. The molecule has 0 saturated carbocycles. The molecule has 10 aromatic rings. The molecule has 0 unspecified atom stereocenters. The van der Waals surface area contributed by atoms with Gasteiger partial charge in [0.15, 0.2) is 0 Å². The van der Waals surface area contributed by atoms with Crippen LogP contribution in [0.5, 0.6) is 0 Å². The predicted molar refractivity (Wildman–Crippen MR) is 207 cm³/mol. The Bertz CT molecular complexity index is 3110. The van der Waals surface area contributed by atoms with Gasteiger partial charge in [-0.15, -0.1) is 0 Å². The topological polar surface area (TPSA) is 34.5 Å². The van der Waals surface area contributed by atoms with Gasteiger partial charge in [-0.2, -0.15) is 0 Å². The van der Waals surface area contributed by atoms with E-state index in [1.165, 1.54) is 37.9 Å². The van der Waals surface area contributed by atoms with Gasteiger partial charge in [0.25, 0.3) is 0 Å². The first-order valence-corrected chi connectivity index (χ1v) is 17.2. The molecular weight excluding hydrogens is 613 g/mol. The summed E-state index contributed by atoms with van der Waals surface area (Å²) >= 11 is 0. The van der Waals surface area contributed by atoms with Crippen molar-refractivity contribution >= 4 is 88.7 Å². The lowest BCUT2D eigenvalue weighted by Crippen LogP contribution is -2.37. The summed E-state index contributed by atoms with van der Waals surface area (Å²) in [5, 5.41) is 10.6. The molecule has 1 aliphatic rings. The molecule has 0 N–H and O–H groups in total. The zero-order valence-electron chi connectivity index (χ0n) is 27.1. The van der Waals surface area contributed by atoms with Crippen molar-refractivity contribution in [3.8, 4) is 5.69 Å². The predicted octanol–water partition coefficient (Wildman–Crippen LogP) is 11.1.